The van der Waals surface area contributed by atoms with E-state index in [9.17, 15) is 9.59 Å². The second kappa shape index (κ2) is 14.5. The molecule has 0 aliphatic rings. The van der Waals surface area contributed by atoms with Crippen molar-refractivity contribution in [3.8, 4) is 5.75 Å². The summed E-state index contributed by atoms with van der Waals surface area (Å²) in [5.41, 5.74) is 1.64. The zero-order valence-corrected chi connectivity index (χ0v) is 24.6. The number of nitrogens with zero attached hydrogens (tertiary/aromatic N) is 2. The van der Waals surface area contributed by atoms with Crippen molar-refractivity contribution in [1.82, 2.24) is 9.80 Å². The number of carbonyl (C=O) groups excluding carboxylic acids is 2. The maximum absolute atomic E-state index is 13.3. The van der Waals surface area contributed by atoms with E-state index in [2.05, 4.69) is 30.9 Å². The predicted molar refractivity (Wildman–Crippen MR) is 161 cm³/mol. The Morgan fingerprint density at radius 2 is 1.55 bits per heavy atom. The highest BCUT2D eigenvalue weighted by Gasteiger charge is 2.23. The minimum absolute atomic E-state index is 0.275. The van der Waals surface area contributed by atoms with Crippen molar-refractivity contribution in [2.75, 3.05) is 46.4 Å². The Morgan fingerprint density at radius 1 is 0.875 bits per heavy atom. The van der Waals surface area contributed by atoms with Crippen molar-refractivity contribution in [2.24, 2.45) is 0 Å². The zero-order valence-electron chi connectivity index (χ0n) is 24.6. The van der Waals surface area contributed by atoms with Crippen molar-refractivity contribution in [3.63, 3.8) is 0 Å². The van der Waals surface area contributed by atoms with E-state index in [1.54, 1.807) is 17.0 Å². The van der Waals surface area contributed by atoms with Gasteiger partial charge in [-0.15, -0.1) is 0 Å². The fraction of sp³-hybridized carbons (Fsp3) is 0.394. The molecular formula is C33H42N2O5. The largest absolute Gasteiger partial charge is 0.489 e. The van der Waals surface area contributed by atoms with Crippen LogP contribution in [0.5, 0.6) is 5.75 Å². The summed E-state index contributed by atoms with van der Waals surface area (Å²) in [6.45, 7) is 13.5. The molecule has 0 saturated carbocycles. The number of rotatable bonds is 12. The van der Waals surface area contributed by atoms with Gasteiger partial charge >= 0.3 is 12.1 Å². The molecule has 0 N–H and O–H groups in total. The number of methoxy groups -OCH3 is 1. The van der Waals surface area contributed by atoms with Gasteiger partial charge in [-0.05, 0) is 68.6 Å². The number of fused-ring (bicyclic) bond motifs is 1. The van der Waals surface area contributed by atoms with E-state index in [0.29, 0.717) is 18.7 Å². The Bertz CT molecular complexity index is 1280. The SMILES string of the molecule is CCN(CC)CCN(C/C(=C/c1ccc(C(=O)OC)cc1)COc1cccc2ccccc12)C(=O)OC(C)(C)C. The number of esters is 1. The topological polar surface area (TPSA) is 68.3 Å². The zero-order chi connectivity index (χ0) is 29.1. The standard InChI is InChI=1S/C33H42N2O5/c1-7-34(8-2)20-21-35(32(37)40-33(3,4)5)23-26(22-25-16-18-28(19-17-25)31(36)38-6)24-39-30-15-11-13-27-12-9-10-14-29(27)30/h9-19,22H,7-8,20-21,23-24H2,1-6H3/b26-22-. The molecule has 1 amide bonds. The molecule has 0 aliphatic heterocycles. The molecule has 0 radical (unpaired) electrons. The van der Waals surface area contributed by atoms with E-state index >= 15 is 0 Å². The molecule has 0 aromatic heterocycles. The van der Waals surface area contributed by atoms with Gasteiger partial charge in [-0.1, -0.05) is 68.5 Å². The molecule has 0 spiro atoms. The van der Waals surface area contributed by atoms with Gasteiger partial charge in [-0.3, -0.25) is 0 Å². The number of likely N-dealkylation sites (N-methyl/N-ethyl adjacent to an activating group) is 1. The van der Waals surface area contributed by atoms with Crippen LogP contribution in [0.25, 0.3) is 16.8 Å². The Morgan fingerprint density at radius 3 is 2.20 bits per heavy atom. The van der Waals surface area contributed by atoms with Gasteiger partial charge in [-0.25, -0.2) is 9.59 Å². The lowest BCUT2D eigenvalue weighted by Gasteiger charge is -2.30. The molecule has 0 bridgehead atoms. The van der Waals surface area contributed by atoms with Gasteiger partial charge in [-0.2, -0.15) is 0 Å². The number of hydrogen-bond acceptors (Lipinski definition) is 6. The molecule has 0 fully saturated rings. The first-order valence-corrected chi connectivity index (χ1v) is 13.8. The van der Waals surface area contributed by atoms with Gasteiger partial charge in [0, 0.05) is 25.0 Å². The highest BCUT2D eigenvalue weighted by atomic mass is 16.6. The average Bonchev–Trinajstić information content (AvgIpc) is 2.94. The third kappa shape index (κ3) is 9.12. The Labute approximate surface area is 238 Å². The summed E-state index contributed by atoms with van der Waals surface area (Å²) in [5.74, 6) is 0.388. The van der Waals surface area contributed by atoms with E-state index in [4.69, 9.17) is 14.2 Å². The lowest BCUT2D eigenvalue weighted by Crippen LogP contribution is -2.42. The lowest BCUT2D eigenvalue weighted by molar-refractivity contribution is 0.0248. The maximum atomic E-state index is 13.3. The summed E-state index contributed by atoms with van der Waals surface area (Å²) >= 11 is 0. The average molecular weight is 547 g/mol. The van der Waals surface area contributed by atoms with Crippen LogP contribution in [0.15, 0.2) is 72.3 Å². The second-order valence-electron chi connectivity index (χ2n) is 10.6. The van der Waals surface area contributed by atoms with Gasteiger partial charge in [0.05, 0.1) is 12.7 Å². The minimum atomic E-state index is -0.614. The molecule has 7 heteroatoms. The molecule has 3 aromatic carbocycles. The summed E-state index contributed by atoms with van der Waals surface area (Å²) < 4.78 is 17.0. The number of benzene rings is 3. The van der Waals surface area contributed by atoms with Gasteiger partial charge in [0.1, 0.15) is 18.0 Å². The Balaban J connectivity index is 1.92. The first-order chi connectivity index (χ1) is 19.1. The Hall–Kier alpha value is -3.84. The van der Waals surface area contributed by atoms with Crippen LogP contribution in [-0.2, 0) is 9.47 Å². The molecule has 0 aliphatic carbocycles. The third-order valence-corrected chi connectivity index (χ3v) is 6.49. The van der Waals surface area contributed by atoms with Crippen LogP contribution in [0.2, 0.25) is 0 Å². The molecule has 0 heterocycles. The second-order valence-corrected chi connectivity index (χ2v) is 10.6. The number of carbonyl (C=O) groups is 2. The van der Waals surface area contributed by atoms with Gasteiger partial charge < -0.3 is 24.0 Å². The highest BCUT2D eigenvalue weighted by Crippen LogP contribution is 2.26. The molecule has 0 saturated heterocycles. The number of hydrogen-bond donors (Lipinski definition) is 0. The van der Waals surface area contributed by atoms with Crippen molar-refractivity contribution in [2.45, 2.75) is 40.2 Å². The third-order valence-electron chi connectivity index (χ3n) is 6.49. The molecule has 3 rings (SSSR count). The van der Waals surface area contributed by atoms with Crippen molar-refractivity contribution < 1.29 is 23.8 Å². The van der Waals surface area contributed by atoms with Crippen LogP contribution >= 0.6 is 0 Å². The van der Waals surface area contributed by atoms with E-state index in [1.165, 1.54) is 7.11 Å². The van der Waals surface area contributed by atoms with E-state index in [-0.39, 0.29) is 18.7 Å². The molecule has 40 heavy (non-hydrogen) atoms. The fourth-order valence-corrected chi connectivity index (χ4v) is 4.30. The fourth-order valence-electron chi connectivity index (χ4n) is 4.30. The summed E-state index contributed by atoms with van der Waals surface area (Å²) in [5, 5.41) is 2.12. The molecule has 3 aromatic rings. The summed E-state index contributed by atoms with van der Waals surface area (Å²) in [7, 11) is 1.36. The first kappa shape index (κ1) is 30.7. The quantitative estimate of drug-likeness (QED) is 0.237. The predicted octanol–water partition coefficient (Wildman–Crippen LogP) is 6.67. The van der Waals surface area contributed by atoms with Crippen molar-refractivity contribution in [1.29, 1.82) is 0 Å². The smallest absolute Gasteiger partial charge is 0.410 e. The Kier molecular flexibility index (Phi) is 11.1. The summed E-state index contributed by atoms with van der Waals surface area (Å²) in [4.78, 5) is 29.2. The van der Waals surface area contributed by atoms with E-state index in [0.717, 1.165) is 47.3 Å². The van der Waals surface area contributed by atoms with E-state index < -0.39 is 5.60 Å². The normalized spacial score (nSPS) is 11.9. The summed E-state index contributed by atoms with van der Waals surface area (Å²) in [6, 6.07) is 21.3. The minimum Gasteiger partial charge on any atom is -0.489 e. The van der Waals surface area contributed by atoms with Crippen LogP contribution in [-0.4, -0.2) is 73.9 Å². The maximum Gasteiger partial charge on any atom is 0.410 e. The van der Waals surface area contributed by atoms with Crippen LogP contribution in [0, 0.1) is 0 Å². The number of ether oxygens (including phenoxy) is 3. The number of amides is 1. The first-order valence-electron chi connectivity index (χ1n) is 13.8. The summed E-state index contributed by atoms with van der Waals surface area (Å²) in [6.07, 6.45) is 1.64. The van der Waals surface area contributed by atoms with Crippen molar-refractivity contribution in [3.05, 3.63) is 83.4 Å². The molecule has 7 nitrogen and oxygen atoms in total. The van der Waals surface area contributed by atoms with Crippen LogP contribution in [0.1, 0.15) is 50.5 Å². The van der Waals surface area contributed by atoms with Gasteiger partial charge in [0.25, 0.3) is 0 Å². The molecule has 0 atom stereocenters. The van der Waals surface area contributed by atoms with Gasteiger partial charge in [0.2, 0.25) is 0 Å². The molecular weight excluding hydrogens is 504 g/mol. The van der Waals surface area contributed by atoms with Crippen LogP contribution < -0.4 is 4.74 Å². The molecule has 0 unspecified atom stereocenters. The highest BCUT2D eigenvalue weighted by molar-refractivity contribution is 5.89. The lowest BCUT2D eigenvalue weighted by atomic mass is 10.1. The van der Waals surface area contributed by atoms with Crippen LogP contribution in [0.3, 0.4) is 0 Å². The molecule has 214 valence electrons. The monoisotopic (exact) mass is 546 g/mol. The van der Waals surface area contributed by atoms with Crippen molar-refractivity contribution >= 4 is 28.9 Å². The van der Waals surface area contributed by atoms with Gasteiger partial charge in [0.15, 0.2) is 0 Å². The van der Waals surface area contributed by atoms with E-state index in [1.807, 2.05) is 69.3 Å². The van der Waals surface area contributed by atoms with Crippen LogP contribution in [0.4, 0.5) is 4.79 Å².